The predicted molar refractivity (Wildman–Crippen MR) is 121 cm³/mol. The molecular formula is C26H28FNO3. The first kappa shape index (κ1) is 21.2. The van der Waals surface area contributed by atoms with Crippen LogP contribution < -0.4 is 9.47 Å². The molecule has 1 aliphatic heterocycles. The van der Waals surface area contributed by atoms with Crippen LogP contribution in [0.2, 0.25) is 0 Å². The van der Waals surface area contributed by atoms with E-state index in [0.29, 0.717) is 40.2 Å². The van der Waals surface area contributed by atoms with Gasteiger partial charge in [-0.1, -0.05) is 18.6 Å². The van der Waals surface area contributed by atoms with E-state index in [1.807, 2.05) is 45.0 Å². The molecule has 0 radical (unpaired) electrons. The number of carbonyl (C=O) groups is 1. The Morgan fingerprint density at radius 3 is 2.35 bits per heavy atom. The highest BCUT2D eigenvalue weighted by molar-refractivity contribution is 6.09. The van der Waals surface area contributed by atoms with Gasteiger partial charge in [0.15, 0.2) is 17.3 Å². The maximum Gasteiger partial charge on any atom is 0.165 e. The van der Waals surface area contributed by atoms with Gasteiger partial charge in [-0.05, 0) is 56.5 Å². The number of ketones is 1. The fourth-order valence-electron chi connectivity index (χ4n) is 4.79. The molecule has 0 unspecified atom stereocenters. The SMILES string of the molecule is CCC(=O)c1c(-c2cc(C)cc(C)c2F)c(C)n2c1-c1cc(OC)c(OC)cc1CC2. The van der Waals surface area contributed by atoms with Gasteiger partial charge in [0, 0.05) is 35.3 Å². The average Bonchev–Trinajstić information content (AvgIpc) is 3.07. The van der Waals surface area contributed by atoms with Gasteiger partial charge in [-0.2, -0.15) is 0 Å². The summed E-state index contributed by atoms with van der Waals surface area (Å²) in [5, 5.41) is 0. The lowest BCUT2D eigenvalue weighted by molar-refractivity contribution is 0.0989. The molecule has 4 rings (SSSR count). The molecule has 5 heteroatoms. The standard InChI is InChI=1S/C26H28FNO3/c1-7-20(29)24-23(19-11-14(2)10-15(3)25(19)27)16(4)28-9-8-17-12-21(30-5)22(31-6)13-18(17)26(24)28/h10-13H,7-9H2,1-6H3. The van der Waals surface area contributed by atoms with Gasteiger partial charge in [-0.15, -0.1) is 0 Å². The Bertz CT molecular complexity index is 1210. The van der Waals surface area contributed by atoms with Gasteiger partial charge >= 0.3 is 0 Å². The van der Waals surface area contributed by atoms with Crippen LogP contribution in [0.25, 0.3) is 22.4 Å². The highest BCUT2D eigenvalue weighted by atomic mass is 19.1. The van der Waals surface area contributed by atoms with Gasteiger partial charge < -0.3 is 14.0 Å². The van der Waals surface area contributed by atoms with Crippen LogP contribution in [0.15, 0.2) is 24.3 Å². The second kappa shape index (κ2) is 7.88. The van der Waals surface area contributed by atoms with Crippen molar-refractivity contribution in [2.75, 3.05) is 14.2 Å². The Morgan fingerprint density at radius 1 is 1.03 bits per heavy atom. The highest BCUT2D eigenvalue weighted by Crippen LogP contribution is 2.46. The second-order valence-corrected chi connectivity index (χ2v) is 8.17. The lowest BCUT2D eigenvalue weighted by Crippen LogP contribution is -2.14. The van der Waals surface area contributed by atoms with Gasteiger partial charge in [-0.25, -0.2) is 4.39 Å². The number of Topliss-reactive ketones (excluding diaryl/α,β-unsaturated/α-hetero) is 1. The number of nitrogens with zero attached hydrogens (tertiary/aromatic N) is 1. The van der Waals surface area contributed by atoms with Gasteiger partial charge in [0.2, 0.25) is 0 Å². The van der Waals surface area contributed by atoms with E-state index in [1.54, 1.807) is 21.1 Å². The summed E-state index contributed by atoms with van der Waals surface area (Å²) in [4.78, 5) is 13.3. The average molecular weight is 422 g/mol. The fraction of sp³-hybridized carbons (Fsp3) is 0.346. The van der Waals surface area contributed by atoms with Crippen molar-refractivity contribution in [3.63, 3.8) is 0 Å². The van der Waals surface area contributed by atoms with Gasteiger partial charge in [0.25, 0.3) is 0 Å². The van der Waals surface area contributed by atoms with Crippen molar-refractivity contribution in [2.45, 2.75) is 47.1 Å². The smallest absolute Gasteiger partial charge is 0.165 e. The molecule has 31 heavy (non-hydrogen) atoms. The van der Waals surface area contributed by atoms with E-state index in [9.17, 15) is 4.79 Å². The molecule has 0 spiro atoms. The molecule has 3 aromatic rings. The molecule has 0 aliphatic carbocycles. The summed E-state index contributed by atoms with van der Waals surface area (Å²) in [7, 11) is 3.22. The molecule has 1 aliphatic rings. The number of methoxy groups -OCH3 is 2. The topological polar surface area (TPSA) is 40.5 Å². The molecule has 0 saturated carbocycles. The van der Waals surface area contributed by atoms with E-state index >= 15 is 4.39 Å². The summed E-state index contributed by atoms with van der Waals surface area (Å²) >= 11 is 0. The van der Waals surface area contributed by atoms with Gasteiger partial charge in [0.05, 0.1) is 25.5 Å². The minimum absolute atomic E-state index is 0.00745. The first-order valence-corrected chi connectivity index (χ1v) is 10.6. The Labute approximate surface area is 182 Å². The minimum atomic E-state index is -0.269. The minimum Gasteiger partial charge on any atom is -0.493 e. The number of aromatic nitrogens is 1. The van der Waals surface area contributed by atoms with Crippen LogP contribution in [0, 0.1) is 26.6 Å². The van der Waals surface area contributed by atoms with Crippen molar-refractivity contribution in [1.29, 1.82) is 0 Å². The highest BCUT2D eigenvalue weighted by Gasteiger charge is 2.32. The van der Waals surface area contributed by atoms with Gasteiger partial charge in [-0.3, -0.25) is 4.79 Å². The van der Waals surface area contributed by atoms with E-state index in [1.165, 1.54) is 0 Å². The van der Waals surface area contributed by atoms with Crippen LogP contribution in [0.1, 0.15) is 46.1 Å². The van der Waals surface area contributed by atoms with Crippen LogP contribution in [0.5, 0.6) is 11.5 Å². The summed E-state index contributed by atoms with van der Waals surface area (Å²) < 4.78 is 28.5. The molecule has 0 atom stereocenters. The molecule has 2 aromatic carbocycles. The molecule has 0 fully saturated rings. The molecule has 0 amide bonds. The molecular weight excluding hydrogens is 393 g/mol. The van der Waals surface area contributed by atoms with Crippen molar-refractivity contribution in [3.05, 3.63) is 58.0 Å². The van der Waals surface area contributed by atoms with Crippen LogP contribution in [0.3, 0.4) is 0 Å². The zero-order valence-electron chi connectivity index (χ0n) is 19.0. The lowest BCUT2D eigenvalue weighted by Gasteiger charge is -2.23. The van der Waals surface area contributed by atoms with Crippen molar-refractivity contribution in [3.8, 4) is 33.9 Å². The first-order valence-electron chi connectivity index (χ1n) is 10.6. The van der Waals surface area contributed by atoms with Crippen LogP contribution in [-0.2, 0) is 13.0 Å². The van der Waals surface area contributed by atoms with Crippen molar-refractivity contribution in [2.24, 2.45) is 0 Å². The first-order chi connectivity index (χ1) is 14.8. The molecule has 2 heterocycles. The number of hydrogen-bond donors (Lipinski definition) is 0. The van der Waals surface area contributed by atoms with E-state index in [4.69, 9.17) is 9.47 Å². The molecule has 162 valence electrons. The number of ether oxygens (including phenoxy) is 2. The second-order valence-electron chi connectivity index (χ2n) is 8.17. The Balaban J connectivity index is 2.10. The number of fused-ring (bicyclic) bond motifs is 3. The molecule has 0 N–H and O–H groups in total. The van der Waals surface area contributed by atoms with E-state index < -0.39 is 0 Å². The van der Waals surface area contributed by atoms with Gasteiger partial charge in [0.1, 0.15) is 5.82 Å². The lowest BCUT2D eigenvalue weighted by atomic mass is 9.90. The molecule has 1 aromatic heterocycles. The van der Waals surface area contributed by atoms with Crippen molar-refractivity contribution < 1.29 is 18.7 Å². The maximum absolute atomic E-state index is 15.3. The summed E-state index contributed by atoms with van der Waals surface area (Å²) in [6, 6.07) is 7.60. The van der Waals surface area contributed by atoms with Crippen LogP contribution >= 0.6 is 0 Å². The number of carbonyl (C=O) groups excluding carboxylic acids is 1. The zero-order valence-corrected chi connectivity index (χ0v) is 19.0. The zero-order chi connectivity index (χ0) is 22.4. The molecule has 0 bridgehead atoms. The maximum atomic E-state index is 15.3. The van der Waals surface area contributed by atoms with Crippen molar-refractivity contribution in [1.82, 2.24) is 4.57 Å². The normalized spacial score (nSPS) is 12.4. The molecule has 0 saturated heterocycles. The monoisotopic (exact) mass is 421 g/mol. The number of hydrogen-bond acceptors (Lipinski definition) is 3. The third-order valence-electron chi connectivity index (χ3n) is 6.26. The van der Waals surface area contributed by atoms with Crippen LogP contribution in [0.4, 0.5) is 4.39 Å². The summed E-state index contributed by atoms with van der Waals surface area (Å²) in [5.41, 5.74) is 7.15. The number of benzene rings is 2. The van der Waals surface area contributed by atoms with Crippen molar-refractivity contribution >= 4 is 5.78 Å². The Kier molecular flexibility index (Phi) is 5.38. The summed E-state index contributed by atoms with van der Waals surface area (Å²) in [5.74, 6) is 1.02. The molecule has 4 nitrogen and oxygen atoms in total. The van der Waals surface area contributed by atoms with Crippen LogP contribution in [-0.4, -0.2) is 24.6 Å². The quantitative estimate of drug-likeness (QED) is 0.471. The summed E-state index contributed by atoms with van der Waals surface area (Å²) in [6.45, 7) is 8.27. The fourth-order valence-corrected chi connectivity index (χ4v) is 4.79. The van der Waals surface area contributed by atoms with E-state index in [-0.39, 0.29) is 11.6 Å². The number of aryl methyl sites for hydroxylation is 3. The third-order valence-corrected chi connectivity index (χ3v) is 6.26. The number of halogens is 1. The third kappa shape index (κ3) is 3.23. The van der Waals surface area contributed by atoms with E-state index in [2.05, 4.69) is 4.57 Å². The number of rotatable bonds is 5. The van der Waals surface area contributed by atoms with E-state index in [0.717, 1.165) is 41.0 Å². The largest absolute Gasteiger partial charge is 0.493 e. The Morgan fingerprint density at radius 2 is 1.71 bits per heavy atom. The Hall–Kier alpha value is -3.08. The predicted octanol–water partition coefficient (Wildman–Crippen LogP) is 6.05. The summed E-state index contributed by atoms with van der Waals surface area (Å²) in [6.07, 6.45) is 1.14.